The third-order valence-electron chi connectivity index (χ3n) is 6.24. The van der Waals surface area contributed by atoms with Gasteiger partial charge >= 0.3 is 0 Å². The number of carbonyl (C=O) groups is 1. The summed E-state index contributed by atoms with van der Waals surface area (Å²) >= 11 is 0. The molecule has 0 saturated carbocycles. The molecule has 29 heavy (non-hydrogen) atoms. The molecule has 0 aliphatic carbocycles. The number of nitrogens with zero attached hydrogens (tertiary/aromatic N) is 2. The number of rotatable bonds is 4. The highest BCUT2D eigenvalue weighted by molar-refractivity contribution is 5.94. The van der Waals surface area contributed by atoms with Gasteiger partial charge in [-0.25, -0.2) is 0 Å². The van der Waals surface area contributed by atoms with E-state index in [0.29, 0.717) is 13.1 Å². The number of benzene rings is 2. The number of morpholine rings is 1. The number of nitrogens with two attached hydrogens (primary N) is 1. The molecule has 2 saturated heterocycles. The number of carbonyl (C=O) groups excluding carboxylic acids is 1. The van der Waals surface area contributed by atoms with Crippen LogP contribution in [-0.4, -0.2) is 60.1 Å². The third-order valence-corrected chi connectivity index (χ3v) is 6.24. The molecule has 2 aliphatic heterocycles. The molecule has 2 aromatic rings. The lowest BCUT2D eigenvalue weighted by atomic mass is 9.88. The molecule has 2 fully saturated rings. The van der Waals surface area contributed by atoms with Crippen molar-refractivity contribution in [2.75, 3.05) is 38.5 Å². The summed E-state index contributed by atoms with van der Waals surface area (Å²) in [6, 6.07) is 17.7. The first-order valence-corrected chi connectivity index (χ1v) is 10.6. The van der Waals surface area contributed by atoms with Crippen molar-refractivity contribution < 1.29 is 9.53 Å². The molecule has 4 rings (SSSR count). The number of anilines is 1. The van der Waals surface area contributed by atoms with Crippen LogP contribution in [0.2, 0.25) is 0 Å². The van der Waals surface area contributed by atoms with Gasteiger partial charge in [0.2, 0.25) is 0 Å². The van der Waals surface area contributed by atoms with Gasteiger partial charge in [0, 0.05) is 37.4 Å². The van der Waals surface area contributed by atoms with Gasteiger partial charge in [-0.3, -0.25) is 4.79 Å². The number of hydrogen-bond acceptors (Lipinski definition) is 4. The summed E-state index contributed by atoms with van der Waals surface area (Å²) in [5.74, 6) is 0.113. The predicted molar refractivity (Wildman–Crippen MR) is 116 cm³/mol. The fourth-order valence-corrected chi connectivity index (χ4v) is 4.64. The summed E-state index contributed by atoms with van der Waals surface area (Å²) in [5, 5.41) is 0. The quantitative estimate of drug-likeness (QED) is 0.811. The van der Waals surface area contributed by atoms with Crippen LogP contribution < -0.4 is 5.73 Å². The van der Waals surface area contributed by atoms with Crippen molar-refractivity contribution in [1.82, 2.24) is 9.80 Å². The summed E-state index contributed by atoms with van der Waals surface area (Å²) in [7, 11) is 0. The monoisotopic (exact) mass is 393 g/mol. The van der Waals surface area contributed by atoms with Crippen molar-refractivity contribution >= 4 is 11.6 Å². The van der Waals surface area contributed by atoms with Crippen LogP contribution in [0.25, 0.3) is 0 Å². The number of nitrogen functional groups attached to an aromatic ring is 1. The Balaban J connectivity index is 1.35. The van der Waals surface area contributed by atoms with Crippen molar-refractivity contribution in [3.8, 4) is 0 Å². The molecule has 1 unspecified atom stereocenters. The highest BCUT2D eigenvalue weighted by Crippen LogP contribution is 2.33. The first kappa shape index (κ1) is 19.9. The maximum absolute atomic E-state index is 13.0. The summed E-state index contributed by atoms with van der Waals surface area (Å²) < 4.78 is 6.42. The summed E-state index contributed by atoms with van der Waals surface area (Å²) in [4.78, 5) is 17.5. The number of ether oxygens (including phenoxy) is 1. The van der Waals surface area contributed by atoms with Crippen LogP contribution in [0, 0.1) is 0 Å². The number of amides is 1. The second-order valence-electron chi connectivity index (χ2n) is 8.45. The Kier molecular flexibility index (Phi) is 5.88. The highest BCUT2D eigenvalue weighted by atomic mass is 16.5. The van der Waals surface area contributed by atoms with E-state index in [1.807, 2.05) is 53.4 Å². The lowest BCUT2D eigenvalue weighted by Crippen LogP contribution is -2.60. The normalized spacial score (nSPS) is 22.0. The van der Waals surface area contributed by atoms with E-state index in [2.05, 4.69) is 17.9 Å². The van der Waals surface area contributed by atoms with Crippen molar-refractivity contribution in [2.45, 2.75) is 37.9 Å². The Morgan fingerprint density at radius 1 is 1.10 bits per heavy atom. The molecule has 154 valence electrons. The number of piperidine rings is 1. The maximum atomic E-state index is 13.0. The van der Waals surface area contributed by atoms with Crippen LogP contribution in [0.3, 0.4) is 0 Å². The van der Waals surface area contributed by atoms with E-state index in [-0.39, 0.29) is 17.6 Å². The van der Waals surface area contributed by atoms with Crippen LogP contribution in [0.4, 0.5) is 5.69 Å². The molecular formula is C24H31N3O2. The van der Waals surface area contributed by atoms with E-state index >= 15 is 0 Å². The van der Waals surface area contributed by atoms with Gasteiger partial charge in [0.05, 0.1) is 18.2 Å². The average Bonchev–Trinajstić information content (AvgIpc) is 2.74. The fourth-order valence-electron chi connectivity index (χ4n) is 4.64. The van der Waals surface area contributed by atoms with Crippen molar-refractivity contribution in [1.29, 1.82) is 0 Å². The van der Waals surface area contributed by atoms with Gasteiger partial charge in [-0.15, -0.1) is 0 Å². The zero-order valence-electron chi connectivity index (χ0n) is 17.2. The van der Waals surface area contributed by atoms with Gasteiger partial charge < -0.3 is 20.3 Å². The molecule has 0 aromatic heterocycles. The molecular weight excluding hydrogens is 362 g/mol. The van der Waals surface area contributed by atoms with Crippen LogP contribution in [0.15, 0.2) is 54.6 Å². The summed E-state index contributed by atoms with van der Waals surface area (Å²) in [6.45, 7) is 6.42. The molecule has 5 nitrogen and oxygen atoms in total. The largest absolute Gasteiger partial charge is 0.399 e. The molecule has 1 atom stereocenters. The third kappa shape index (κ3) is 4.62. The minimum Gasteiger partial charge on any atom is -0.399 e. The maximum Gasteiger partial charge on any atom is 0.254 e. The van der Waals surface area contributed by atoms with Gasteiger partial charge in [0.25, 0.3) is 5.91 Å². The zero-order valence-corrected chi connectivity index (χ0v) is 17.2. The molecule has 5 heteroatoms. The Morgan fingerprint density at radius 3 is 2.52 bits per heavy atom. The van der Waals surface area contributed by atoms with E-state index < -0.39 is 0 Å². The molecule has 0 bridgehead atoms. The van der Waals surface area contributed by atoms with Gasteiger partial charge in [0.15, 0.2) is 0 Å². The van der Waals surface area contributed by atoms with E-state index in [1.54, 1.807) is 0 Å². The standard InChI is InChI=1S/C24H31N3O2/c1-19-17-27(23(28)21-8-3-2-4-9-21)18-24(29-19)12-15-26(16-13-24)14-11-20-7-5-6-10-22(20)25/h2-10,19H,11-18,25H2,1H3. The lowest BCUT2D eigenvalue weighted by Gasteiger charge is -2.49. The fraction of sp³-hybridized carbons (Fsp3) is 0.458. The van der Waals surface area contributed by atoms with Crippen molar-refractivity contribution in [2.24, 2.45) is 0 Å². The second-order valence-corrected chi connectivity index (χ2v) is 8.45. The van der Waals surface area contributed by atoms with Crippen LogP contribution in [-0.2, 0) is 11.2 Å². The zero-order chi connectivity index (χ0) is 20.3. The highest BCUT2D eigenvalue weighted by Gasteiger charge is 2.43. The summed E-state index contributed by atoms with van der Waals surface area (Å²) in [6.07, 6.45) is 2.95. The van der Waals surface area contributed by atoms with Crippen molar-refractivity contribution in [3.63, 3.8) is 0 Å². The molecule has 1 amide bonds. The Hall–Kier alpha value is -2.37. The lowest BCUT2D eigenvalue weighted by molar-refractivity contribution is -0.161. The van der Waals surface area contributed by atoms with Gasteiger partial charge in [0.1, 0.15) is 0 Å². The summed E-state index contributed by atoms with van der Waals surface area (Å²) in [5.41, 5.74) is 8.71. The van der Waals surface area contributed by atoms with Crippen LogP contribution in [0.5, 0.6) is 0 Å². The topological polar surface area (TPSA) is 58.8 Å². The minimum atomic E-state index is -0.218. The molecule has 0 radical (unpaired) electrons. The van der Waals surface area contributed by atoms with E-state index in [9.17, 15) is 4.79 Å². The van der Waals surface area contributed by atoms with Gasteiger partial charge in [-0.1, -0.05) is 36.4 Å². The molecule has 2 heterocycles. The molecule has 2 N–H and O–H groups in total. The number of hydrogen-bond donors (Lipinski definition) is 1. The average molecular weight is 394 g/mol. The Labute approximate surface area is 173 Å². The Morgan fingerprint density at radius 2 is 1.79 bits per heavy atom. The van der Waals surface area contributed by atoms with Crippen LogP contribution in [0.1, 0.15) is 35.7 Å². The first-order chi connectivity index (χ1) is 14.0. The Bertz CT molecular complexity index is 831. The second kappa shape index (κ2) is 8.56. The minimum absolute atomic E-state index is 0.0621. The van der Waals surface area contributed by atoms with E-state index in [0.717, 1.165) is 50.1 Å². The van der Waals surface area contributed by atoms with E-state index in [1.165, 1.54) is 5.56 Å². The first-order valence-electron chi connectivity index (χ1n) is 10.6. The van der Waals surface area contributed by atoms with Crippen LogP contribution >= 0.6 is 0 Å². The van der Waals surface area contributed by atoms with Gasteiger partial charge in [-0.05, 0) is 49.9 Å². The smallest absolute Gasteiger partial charge is 0.254 e. The molecule has 2 aromatic carbocycles. The van der Waals surface area contributed by atoms with Gasteiger partial charge in [-0.2, -0.15) is 0 Å². The van der Waals surface area contributed by atoms with Crippen molar-refractivity contribution in [3.05, 3.63) is 65.7 Å². The SMILES string of the molecule is CC1CN(C(=O)c2ccccc2)CC2(CCN(CCc3ccccc3N)CC2)O1. The number of para-hydroxylation sites is 1. The molecule has 2 aliphatic rings. The predicted octanol–water partition coefficient (Wildman–Crippen LogP) is 3.21. The molecule has 1 spiro atoms. The van der Waals surface area contributed by atoms with E-state index in [4.69, 9.17) is 10.5 Å². The number of likely N-dealkylation sites (tertiary alicyclic amines) is 1.